The van der Waals surface area contributed by atoms with Crippen LogP contribution < -0.4 is 15.4 Å². The number of carbonyl (C=O) groups excluding carboxylic acids is 2. The van der Waals surface area contributed by atoms with Crippen molar-refractivity contribution in [3.8, 4) is 5.75 Å². The number of rotatable bonds is 9. The van der Waals surface area contributed by atoms with Crippen molar-refractivity contribution >= 4 is 23.6 Å². The maximum Gasteiger partial charge on any atom is 0.251 e. The molecule has 1 fully saturated rings. The SMILES string of the molecule is CCn1c(CNC(=O)c2ccc(OC)cc2)nnc1SCC(=O)N[C@H]1CCCC[C@@H]1C. The van der Waals surface area contributed by atoms with Crippen molar-refractivity contribution in [2.24, 2.45) is 5.92 Å². The Bertz CT molecular complexity index is 884. The van der Waals surface area contributed by atoms with E-state index in [1.165, 1.54) is 31.0 Å². The summed E-state index contributed by atoms with van der Waals surface area (Å²) in [5.41, 5.74) is 0.548. The first kappa shape index (κ1) is 23.1. The molecule has 1 aromatic heterocycles. The zero-order valence-electron chi connectivity index (χ0n) is 18.4. The molecule has 0 bridgehead atoms. The maximum absolute atomic E-state index is 12.4. The van der Waals surface area contributed by atoms with Crippen LogP contribution in [0.25, 0.3) is 0 Å². The lowest BCUT2D eigenvalue weighted by Gasteiger charge is -2.29. The normalized spacial score (nSPS) is 18.4. The Kier molecular flexibility index (Phi) is 8.34. The summed E-state index contributed by atoms with van der Waals surface area (Å²) < 4.78 is 7.04. The number of thioether (sulfide) groups is 1. The van der Waals surface area contributed by atoms with Gasteiger partial charge >= 0.3 is 0 Å². The van der Waals surface area contributed by atoms with Gasteiger partial charge < -0.3 is 19.9 Å². The molecule has 168 valence electrons. The Morgan fingerprint density at radius 2 is 1.94 bits per heavy atom. The van der Waals surface area contributed by atoms with E-state index < -0.39 is 0 Å². The predicted molar refractivity (Wildman–Crippen MR) is 120 cm³/mol. The molecule has 0 radical (unpaired) electrons. The average molecular weight is 446 g/mol. The number of benzene rings is 1. The van der Waals surface area contributed by atoms with Gasteiger partial charge in [-0.25, -0.2) is 0 Å². The highest BCUT2D eigenvalue weighted by Crippen LogP contribution is 2.24. The van der Waals surface area contributed by atoms with Gasteiger partial charge in [0.2, 0.25) is 5.91 Å². The van der Waals surface area contributed by atoms with Crippen LogP contribution in [0.4, 0.5) is 0 Å². The summed E-state index contributed by atoms with van der Waals surface area (Å²) >= 11 is 1.38. The smallest absolute Gasteiger partial charge is 0.251 e. The van der Waals surface area contributed by atoms with Crippen molar-refractivity contribution in [1.29, 1.82) is 0 Å². The van der Waals surface area contributed by atoms with Crippen molar-refractivity contribution in [3.63, 3.8) is 0 Å². The molecule has 0 aliphatic heterocycles. The quantitative estimate of drug-likeness (QED) is 0.576. The number of amides is 2. The van der Waals surface area contributed by atoms with Gasteiger partial charge in [-0.15, -0.1) is 10.2 Å². The molecule has 2 atom stereocenters. The molecule has 2 aromatic rings. The summed E-state index contributed by atoms with van der Waals surface area (Å²) in [6.45, 7) is 5.12. The lowest BCUT2D eigenvalue weighted by atomic mass is 9.86. The molecule has 3 rings (SSSR count). The molecule has 1 aliphatic rings. The average Bonchev–Trinajstić information content (AvgIpc) is 3.19. The van der Waals surface area contributed by atoms with E-state index in [1.54, 1.807) is 31.4 Å². The van der Waals surface area contributed by atoms with E-state index in [2.05, 4.69) is 27.8 Å². The Balaban J connectivity index is 1.52. The van der Waals surface area contributed by atoms with Crippen LogP contribution in [0.3, 0.4) is 0 Å². The van der Waals surface area contributed by atoms with E-state index in [9.17, 15) is 9.59 Å². The second-order valence-electron chi connectivity index (χ2n) is 7.78. The number of aromatic nitrogens is 3. The molecule has 1 aromatic carbocycles. The standard InChI is InChI=1S/C22H31N5O3S/c1-4-27-19(13-23-21(29)16-9-11-17(30-3)12-10-16)25-26-22(27)31-14-20(28)24-18-8-6-5-7-15(18)2/h9-12,15,18H,4-8,13-14H2,1-3H3,(H,23,29)(H,24,28)/t15-,18-/m0/s1. The fourth-order valence-electron chi connectivity index (χ4n) is 3.79. The van der Waals surface area contributed by atoms with Crippen LogP contribution in [-0.4, -0.2) is 45.5 Å². The summed E-state index contributed by atoms with van der Waals surface area (Å²) in [6, 6.07) is 7.20. The van der Waals surface area contributed by atoms with Crippen molar-refractivity contribution < 1.29 is 14.3 Å². The Morgan fingerprint density at radius 1 is 1.19 bits per heavy atom. The van der Waals surface area contributed by atoms with Crippen molar-refractivity contribution in [3.05, 3.63) is 35.7 Å². The van der Waals surface area contributed by atoms with Crippen LogP contribution in [-0.2, 0) is 17.9 Å². The van der Waals surface area contributed by atoms with Crippen LogP contribution in [0.15, 0.2) is 29.4 Å². The lowest BCUT2D eigenvalue weighted by molar-refractivity contribution is -0.119. The zero-order valence-corrected chi connectivity index (χ0v) is 19.2. The van der Waals surface area contributed by atoms with Crippen LogP contribution in [0.5, 0.6) is 5.75 Å². The van der Waals surface area contributed by atoms with E-state index in [-0.39, 0.29) is 24.4 Å². The lowest BCUT2D eigenvalue weighted by Crippen LogP contribution is -2.41. The molecule has 9 heteroatoms. The first-order chi connectivity index (χ1) is 15.0. The molecular formula is C22H31N5O3S. The highest BCUT2D eigenvalue weighted by molar-refractivity contribution is 7.99. The van der Waals surface area contributed by atoms with Gasteiger partial charge in [0.15, 0.2) is 11.0 Å². The molecule has 31 heavy (non-hydrogen) atoms. The van der Waals surface area contributed by atoms with Gasteiger partial charge in [-0.3, -0.25) is 9.59 Å². The van der Waals surface area contributed by atoms with Gasteiger partial charge in [0.25, 0.3) is 5.91 Å². The summed E-state index contributed by atoms with van der Waals surface area (Å²) in [6.07, 6.45) is 4.66. The maximum atomic E-state index is 12.4. The van der Waals surface area contributed by atoms with Crippen LogP contribution >= 0.6 is 11.8 Å². The fraction of sp³-hybridized carbons (Fsp3) is 0.545. The Labute approximate surface area is 187 Å². The third kappa shape index (κ3) is 6.22. The minimum absolute atomic E-state index is 0.0313. The molecule has 0 saturated heterocycles. The first-order valence-corrected chi connectivity index (χ1v) is 11.8. The van der Waals surface area contributed by atoms with Gasteiger partial charge in [-0.2, -0.15) is 0 Å². The summed E-state index contributed by atoms with van der Waals surface area (Å²) in [5.74, 6) is 2.04. The molecule has 0 unspecified atom stereocenters. The Morgan fingerprint density at radius 3 is 2.61 bits per heavy atom. The van der Waals surface area contributed by atoms with Gasteiger partial charge in [0.1, 0.15) is 5.75 Å². The van der Waals surface area contributed by atoms with Gasteiger partial charge in [0, 0.05) is 18.2 Å². The molecule has 1 heterocycles. The largest absolute Gasteiger partial charge is 0.497 e. The summed E-state index contributed by atoms with van der Waals surface area (Å²) in [7, 11) is 1.59. The number of hydrogen-bond acceptors (Lipinski definition) is 6. The second kappa shape index (κ2) is 11.2. The molecule has 0 spiro atoms. The topological polar surface area (TPSA) is 98.1 Å². The Hall–Kier alpha value is -2.55. The van der Waals surface area contributed by atoms with Crippen molar-refractivity contribution in [2.75, 3.05) is 12.9 Å². The minimum atomic E-state index is -0.191. The highest BCUT2D eigenvalue weighted by atomic mass is 32.2. The van der Waals surface area contributed by atoms with Gasteiger partial charge in [-0.05, 0) is 49.9 Å². The number of nitrogens with zero attached hydrogens (tertiary/aromatic N) is 3. The number of hydrogen-bond donors (Lipinski definition) is 2. The van der Waals surface area contributed by atoms with E-state index in [1.807, 2.05) is 11.5 Å². The number of carbonyl (C=O) groups is 2. The molecular weight excluding hydrogens is 414 g/mol. The van der Waals surface area contributed by atoms with Crippen molar-refractivity contribution in [2.45, 2.75) is 63.8 Å². The number of ether oxygens (including phenoxy) is 1. The summed E-state index contributed by atoms with van der Waals surface area (Å²) in [5, 5.41) is 15.2. The molecule has 1 aliphatic carbocycles. The molecule has 2 N–H and O–H groups in total. The number of nitrogens with one attached hydrogen (secondary N) is 2. The van der Waals surface area contributed by atoms with Gasteiger partial charge in [0.05, 0.1) is 19.4 Å². The third-order valence-corrected chi connectivity index (χ3v) is 6.63. The third-order valence-electron chi connectivity index (χ3n) is 5.66. The second-order valence-corrected chi connectivity index (χ2v) is 8.72. The van der Waals surface area contributed by atoms with Crippen LogP contribution in [0.2, 0.25) is 0 Å². The van der Waals surface area contributed by atoms with Crippen molar-refractivity contribution in [1.82, 2.24) is 25.4 Å². The zero-order chi connectivity index (χ0) is 22.2. The molecule has 8 nitrogen and oxygen atoms in total. The van der Waals surface area contributed by atoms with E-state index in [0.717, 1.165) is 6.42 Å². The van der Waals surface area contributed by atoms with Crippen LogP contribution in [0, 0.1) is 5.92 Å². The minimum Gasteiger partial charge on any atom is -0.497 e. The molecule has 1 saturated carbocycles. The predicted octanol–water partition coefficient (Wildman–Crippen LogP) is 3.02. The first-order valence-electron chi connectivity index (χ1n) is 10.8. The van der Waals surface area contributed by atoms with E-state index in [0.29, 0.717) is 40.5 Å². The van der Waals surface area contributed by atoms with Crippen LogP contribution in [0.1, 0.15) is 55.7 Å². The molecule has 2 amide bonds. The summed E-state index contributed by atoms with van der Waals surface area (Å²) in [4.78, 5) is 24.8. The van der Waals surface area contributed by atoms with Gasteiger partial charge in [-0.1, -0.05) is 31.5 Å². The highest BCUT2D eigenvalue weighted by Gasteiger charge is 2.23. The van der Waals surface area contributed by atoms with E-state index >= 15 is 0 Å². The fourth-order valence-corrected chi connectivity index (χ4v) is 4.62. The monoisotopic (exact) mass is 445 g/mol. The number of methoxy groups -OCH3 is 1. The van der Waals surface area contributed by atoms with E-state index in [4.69, 9.17) is 4.74 Å².